The number of fused-ring (bicyclic) bond motifs is 2. The average Bonchev–Trinajstić information content (AvgIpc) is 2.91. The van der Waals surface area contributed by atoms with Gasteiger partial charge in [-0.25, -0.2) is 0 Å². The van der Waals surface area contributed by atoms with Crippen LogP contribution in [0.3, 0.4) is 0 Å². The summed E-state index contributed by atoms with van der Waals surface area (Å²) in [7, 11) is 0. The average molecular weight is 205 g/mol. The molecule has 0 N–H and O–H groups in total. The number of ether oxygens (including phenoxy) is 1. The summed E-state index contributed by atoms with van der Waals surface area (Å²) in [4.78, 5) is 4.22. The molecule has 0 aliphatic carbocycles. The number of nitriles is 1. The second-order valence-electron chi connectivity index (χ2n) is 4.10. The van der Waals surface area contributed by atoms with Gasteiger partial charge in [0.1, 0.15) is 6.42 Å². The summed E-state index contributed by atoms with van der Waals surface area (Å²) in [6, 6.07) is 1.99. The van der Waals surface area contributed by atoms with E-state index < -0.39 is 0 Å². The molecular weight excluding hydrogens is 194 g/mol. The summed E-state index contributed by atoms with van der Waals surface area (Å²) in [6.45, 7) is 0. The maximum Gasteiger partial charge on any atom is 0.240 e. The molecule has 15 heavy (non-hydrogen) atoms. The number of hydrogen-bond acceptors (Lipinski definition) is 5. The van der Waals surface area contributed by atoms with E-state index in [0.29, 0.717) is 17.8 Å². The molecule has 3 heterocycles. The van der Waals surface area contributed by atoms with Crippen molar-refractivity contribution in [1.82, 2.24) is 10.1 Å². The van der Waals surface area contributed by atoms with E-state index in [4.69, 9.17) is 14.5 Å². The Morgan fingerprint density at radius 3 is 3.07 bits per heavy atom. The van der Waals surface area contributed by atoms with E-state index in [1.165, 1.54) is 0 Å². The molecule has 78 valence electrons. The van der Waals surface area contributed by atoms with Crippen molar-refractivity contribution >= 4 is 0 Å². The van der Waals surface area contributed by atoms with Crippen molar-refractivity contribution in [3.63, 3.8) is 0 Å². The minimum Gasteiger partial charge on any atom is -0.374 e. The third kappa shape index (κ3) is 1.41. The van der Waals surface area contributed by atoms with Crippen molar-refractivity contribution in [1.29, 1.82) is 5.26 Å². The van der Waals surface area contributed by atoms with Crippen LogP contribution >= 0.6 is 0 Å². The standard InChI is InChI=1S/C10H11N3O2/c11-4-3-9-12-10(13-15-9)7-5-6-1-2-8(7)14-6/h6-8H,1-3,5H2. The second-order valence-corrected chi connectivity index (χ2v) is 4.10. The lowest BCUT2D eigenvalue weighted by Gasteiger charge is -2.13. The van der Waals surface area contributed by atoms with Gasteiger partial charge in [-0.15, -0.1) is 0 Å². The van der Waals surface area contributed by atoms with Crippen LogP contribution in [0.4, 0.5) is 0 Å². The van der Waals surface area contributed by atoms with Gasteiger partial charge in [0.05, 0.1) is 24.2 Å². The van der Waals surface area contributed by atoms with Gasteiger partial charge >= 0.3 is 0 Å². The van der Waals surface area contributed by atoms with E-state index in [-0.39, 0.29) is 18.4 Å². The number of hydrogen-bond donors (Lipinski definition) is 0. The molecule has 2 aliphatic heterocycles. The fourth-order valence-electron chi connectivity index (χ4n) is 2.47. The highest BCUT2D eigenvalue weighted by Crippen LogP contribution is 2.43. The Morgan fingerprint density at radius 2 is 2.40 bits per heavy atom. The molecule has 1 aromatic heterocycles. The molecule has 0 aromatic carbocycles. The van der Waals surface area contributed by atoms with Gasteiger partial charge in [-0.2, -0.15) is 10.2 Å². The van der Waals surface area contributed by atoms with Gasteiger partial charge in [-0.3, -0.25) is 0 Å². The van der Waals surface area contributed by atoms with E-state index in [9.17, 15) is 0 Å². The lowest BCUT2D eigenvalue weighted by Crippen LogP contribution is -2.15. The Kier molecular flexibility index (Phi) is 1.96. The Hall–Kier alpha value is -1.41. The second kappa shape index (κ2) is 3.31. The SMILES string of the molecule is N#CCc1nc(C2CC3CCC2O3)no1. The molecule has 3 atom stereocenters. The lowest BCUT2D eigenvalue weighted by atomic mass is 9.89. The molecule has 2 fully saturated rings. The summed E-state index contributed by atoms with van der Waals surface area (Å²) in [5, 5.41) is 12.4. The van der Waals surface area contributed by atoms with Crippen molar-refractivity contribution in [2.75, 3.05) is 0 Å². The van der Waals surface area contributed by atoms with E-state index in [1.807, 2.05) is 6.07 Å². The first kappa shape index (κ1) is 8.86. The van der Waals surface area contributed by atoms with Gasteiger partial charge in [-0.1, -0.05) is 5.16 Å². The highest BCUT2D eigenvalue weighted by molar-refractivity contribution is 5.07. The summed E-state index contributed by atoms with van der Waals surface area (Å²) in [5.41, 5.74) is 0. The molecule has 0 amide bonds. The van der Waals surface area contributed by atoms with E-state index in [0.717, 1.165) is 19.3 Å². The minimum absolute atomic E-state index is 0.189. The number of aromatic nitrogens is 2. The molecule has 0 spiro atoms. The number of nitrogens with zero attached hydrogens (tertiary/aromatic N) is 3. The van der Waals surface area contributed by atoms with Crippen LogP contribution in [0.5, 0.6) is 0 Å². The van der Waals surface area contributed by atoms with Gasteiger partial charge in [-0.05, 0) is 19.3 Å². The fourth-order valence-corrected chi connectivity index (χ4v) is 2.47. The molecule has 5 nitrogen and oxygen atoms in total. The molecule has 2 aliphatic rings. The Morgan fingerprint density at radius 1 is 1.47 bits per heavy atom. The highest BCUT2D eigenvalue weighted by atomic mass is 16.5. The molecule has 5 heteroatoms. The molecule has 1 aromatic rings. The van der Waals surface area contributed by atoms with Crippen LogP contribution in [0.25, 0.3) is 0 Å². The van der Waals surface area contributed by atoms with Crippen molar-refractivity contribution in [3.8, 4) is 6.07 Å². The first-order valence-corrected chi connectivity index (χ1v) is 5.21. The van der Waals surface area contributed by atoms with Crippen molar-refractivity contribution in [2.45, 2.75) is 43.8 Å². The lowest BCUT2D eigenvalue weighted by molar-refractivity contribution is 0.0996. The molecule has 3 rings (SSSR count). The van der Waals surface area contributed by atoms with E-state index in [2.05, 4.69) is 10.1 Å². The molecular formula is C10H11N3O2. The predicted octanol–water partition coefficient (Wildman–Crippen LogP) is 1.17. The Balaban J connectivity index is 1.79. The normalized spacial score (nSPS) is 33.1. The van der Waals surface area contributed by atoms with Crippen LogP contribution in [0, 0.1) is 11.3 Å². The van der Waals surface area contributed by atoms with Crippen LogP contribution in [-0.2, 0) is 11.2 Å². The van der Waals surface area contributed by atoms with Gasteiger partial charge < -0.3 is 9.26 Å². The largest absolute Gasteiger partial charge is 0.374 e. The minimum atomic E-state index is 0.189. The Bertz CT molecular complexity index is 409. The molecule has 0 saturated carbocycles. The molecule has 2 bridgehead atoms. The summed E-state index contributed by atoms with van der Waals surface area (Å²) >= 11 is 0. The molecule has 3 unspecified atom stereocenters. The zero-order valence-electron chi connectivity index (χ0n) is 8.22. The Labute approximate surface area is 87.0 Å². The highest BCUT2D eigenvalue weighted by Gasteiger charge is 2.43. The van der Waals surface area contributed by atoms with E-state index in [1.54, 1.807) is 0 Å². The summed E-state index contributed by atoms with van der Waals surface area (Å²) < 4.78 is 10.7. The molecule has 0 radical (unpaired) electrons. The predicted molar refractivity (Wildman–Crippen MR) is 48.9 cm³/mol. The molecule has 2 saturated heterocycles. The van der Waals surface area contributed by atoms with Crippen LogP contribution in [-0.4, -0.2) is 22.3 Å². The van der Waals surface area contributed by atoms with Crippen LogP contribution < -0.4 is 0 Å². The monoisotopic (exact) mass is 205 g/mol. The summed E-state index contributed by atoms with van der Waals surface area (Å²) in [6.07, 6.45) is 4.09. The van der Waals surface area contributed by atoms with Gasteiger partial charge in [0.25, 0.3) is 0 Å². The fraction of sp³-hybridized carbons (Fsp3) is 0.700. The number of rotatable bonds is 2. The zero-order valence-corrected chi connectivity index (χ0v) is 8.22. The van der Waals surface area contributed by atoms with Crippen LogP contribution in [0.2, 0.25) is 0 Å². The van der Waals surface area contributed by atoms with Crippen LogP contribution in [0.15, 0.2) is 4.52 Å². The smallest absolute Gasteiger partial charge is 0.240 e. The van der Waals surface area contributed by atoms with Crippen molar-refractivity contribution < 1.29 is 9.26 Å². The maximum atomic E-state index is 8.50. The van der Waals surface area contributed by atoms with Crippen LogP contribution in [0.1, 0.15) is 36.9 Å². The third-order valence-electron chi connectivity index (χ3n) is 3.15. The first-order chi connectivity index (χ1) is 7.36. The summed E-state index contributed by atoms with van der Waals surface area (Å²) in [5.74, 6) is 1.41. The van der Waals surface area contributed by atoms with Crippen molar-refractivity contribution in [2.24, 2.45) is 0 Å². The topological polar surface area (TPSA) is 71.9 Å². The van der Waals surface area contributed by atoms with Gasteiger partial charge in [0.15, 0.2) is 5.82 Å². The van der Waals surface area contributed by atoms with Gasteiger partial charge in [0, 0.05) is 0 Å². The zero-order chi connectivity index (χ0) is 10.3. The maximum absolute atomic E-state index is 8.50. The quantitative estimate of drug-likeness (QED) is 0.724. The first-order valence-electron chi connectivity index (χ1n) is 5.21. The third-order valence-corrected chi connectivity index (χ3v) is 3.15. The van der Waals surface area contributed by atoms with Crippen molar-refractivity contribution in [3.05, 3.63) is 11.7 Å². The van der Waals surface area contributed by atoms with E-state index >= 15 is 0 Å². The van der Waals surface area contributed by atoms with Gasteiger partial charge in [0.2, 0.25) is 5.89 Å².